The van der Waals surface area contributed by atoms with Gasteiger partial charge in [0, 0.05) is 6.54 Å². The lowest BCUT2D eigenvalue weighted by Gasteiger charge is -2.17. The fourth-order valence-corrected chi connectivity index (χ4v) is 1.66. The first-order valence-corrected chi connectivity index (χ1v) is 6.50. The molecule has 19 heavy (non-hydrogen) atoms. The average molecular weight is 282 g/mol. The van der Waals surface area contributed by atoms with Crippen LogP contribution in [0.2, 0.25) is 0 Å². The predicted octanol–water partition coefficient (Wildman–Crippen LogP) is 1.00. The molecule has 1 aromatic carbocycles. The lowest BCUT2D eigenvalue weighted by Crippen LogP contribution is -2.47. The summed E-state index contributed by atoms with van der Waals surface area (Å²) >= 11 is 0. The van der Waals surface area contributed by atoms with Crippen molar-refractivity contribution < 1.29 is 14.1 Å². The maximum Gasteiger partial charge on any atom is 0.330 e. The Morgan fingerprint density at radius 2 is 1.84 bits per heavy atom. The number of rotatable bonds is 6. The molecule has 2 N–H and O–H groups in total. The van der Waals surface area contributed by atoms with Crippen molar-refractivity contribution in [1.29, 1.82) is 0 Å². The van der Waals surface area contributed by atoms with Gasteiger partial charge in [0.2, 0.25) is 5.91 Å². The molecule has 0 radical (unpaired) electrons. The third kappa shape index (κ3) is 5.37. The third-order valence-corrected chi connectivity index (χ3v) is 2.91. The van der Waals surface area contributed by atoms with Gasteiger partial charge in [0.25, 0.3) is 0 Å². The molecule has 1 rings (SSSR count). The molecule has 0 aliphatic heterocycles. The van der Waals surface area contributed by atoms with Crippen LogP contribution in [-0.4, -0.2) is 24.0 Å². The van der Waals surface area contributed by atoms with Crippen molar-refractivity contribution in [3.05, 3.63) is 35.9 Å². The van der Waals surface area contributed by atoms with Crippen molar-refractivity contribution in [3.63, 3.8) is 0 Å². The lowest BCUT2D eigenvalue weighted by atomic mass is 10.2. The second kappa shape index (κ2) is 7.87. The molecule has 2 unspecified atom stereocenters. The van der Waals surface area contributed by atoms with Crippen LogP contribution in [-0.2, 0) is 20.7 Å². The highest BCUT2D eigenvalue weighted by atomic mass is 31.0. The number of hydrogen-bond acceptors (Lipinski definition) is 4. The summed E-state index contributed by atoms with van der Waals surface area (Å²) in [4.78, 5) is 23.0. The SMILES string of the molecule is CC(NC(=O)[C@H](C)NCc1ccccc1)C(=O)OP. The van der Waals surface area contributed by atoms with Crippen LogP contribution in [0.3, 0.4) is 0 Å². The molecular weight excluding hydrogens is 263 g/mol. The highest BCUT2D eigenvalue weighted by molar-refractivity contribution is 7.10. The first-order valence-electron chi connectivity index (χ1n) is 6.03. The van der Waals surface area contributed by atoms with Crippen LogP contribution in [0.15, 0.2) is 30.3 Å². The number of amides is 1. The van der Waals surface area contributed by atoms with Crippen molar-refractivity contribution in [3.8, 4) is 0 Å². The number of hydrogen-bond donors (Lipinski definition) is 2. The molecule has 5 nitrogen and oxygen atoms in total. The fourth-order valence-electron chi connectivity index (χ4n) is 1.46. The summed E-state index contributed by atoms with van der Waals surface area (Å²) in [6, 6.07) is 8.73. The first kappa shape index (κ1) is 15.6. The molecule has 104 valence electrons. The Bertz CT molecular complexity index is 425. The number of carbonyl (C=O) groups excluding carboxylic acids is 2. The van der Waals surface area contributed by atoms with Gasteiger partial charge in [-0.25, -0.2) is 4.79 Å². The van der Waals surface area contributed by atoms with Crippen LogP contribution in [0, 0.1) is 0 Å². The van der Waals surface area contributed by atoms with Crippen molar-refractivity contribution in [1.82, 2.24) is 10.6 Å². The van der Waals surface area contributed by atoms with Crippen LogP contribution in [0.1, 0.15) is 19.4 Å². The summed E-state index contributed by atoms with van der Waals surface area (Å²) in [5.74, 6) is -0.729. The minimum absolute atomic E-state index is 0.237. The van der Waals surface area contributed by atoms with E-state index in [2.05, 4.69) is 15.2 Å². The summed E-state index contributed by atoms with van der Waals surface area (Å²) < 4.78 is 4.46. The lowest BCUT2D eigenvalue weighted by molar-refractivity contribution is -0.138. The highest BCUT2D eigenvalue weighted by Crippen LogP contribution is 1.99. The van der Waals surface area contributed by atoms with Crippen molar-refractivity contribution in [2.45, 2.75) is 32.5 Å². The summed E-state index contributed by atoms with van der Waals surface area (Å²) in [7, 11) is 1.87. The quantitative estimate of drug-likeness (QED) is 0.764. The highest BCUT2D eigenvalue weighted by Gasteiger charge is 2.19. The van der Waals surface area contributed by atoms with Gasteiger partial charge < -0.3 is 15.2 Å². The van der Waals surface area contributed by atoms with E-state index in [0.717, 1.165) is 5.56 Å². The van der Waals surface area contributed by atoms with Gasteiger partial charge in [-0.15, -0.1) is 0 Å². The van der Waals surface area contributed by atoms with E-state index in [4.69, 9.17) is 0 Å². The van der Waals surface area contributed by atoms with Gasteiger partial charge in [-0.05, 0) is 19.4 Å². The Labute approximate surface area is 115 Å². The van der Waals surface area contributed by atoms with E-state index in [0.29, 0.717) is 6.54 Å². The van der Waals surface area contributed by atoms with Crippen molar-refractivity contribution in [2.75, 3.05) is 0 Å². The van der Waals surface area contributed by atoms with Gasteiger partial charge >= 0.3 is 5.97 Å². The molecule has 3 atom stereocenters. The molecule has 6 heteroatoms. The minimum atomic E-state index is -0.661. The second-order valence-corrected chi connectivity index (χ2v) is 4.49. The number of nitrogens with one attached hydrogen (secondary N) is 2. The molecule has 0 heterocycles. The molecular formula is C13H19N2O3P. The Morgan fingerprint density at radius 3 is 2.42 bits per heavy atom. The maximum absolute atomic E-state index is 11.8. The van der Waals surface area contributed by atoms with E-state index in [1.54, 1.807) is 13.8 Å². The Kier molecular flexibility index (Phi) is 6.46. The molecule has 0 aromatic heterocycles. The maximum atomic E-state index is 11.8. The molecule has 0 fully saturated rings. The molecule has 0 saturated carbocycles. The largest absolute Gasteiger partial charge is 0.450 e. The van der Waals surface area contributed by atoms with Gasteiger partial charge in [0.1, 0.15) is 6.04 Å². The average Bonchev–Trinajstić information content (AvgIpc) is 2.44. The van der Waals surface area contributed by atoms with E-state index in [1.165, 1.54) is 0 Å². The second-order valence-electron chi connectivity index (χ2n) is 4.26. The smallest absolute Gasteiger partial charge is 0.330 e. The van der Waals surface area contributed by atoms with Crippen molar-refractivity contribution in [2.24, 2.45) is 0 Å². The monoisotopic (exact) mass is 282 g/mol. The van der Waals surface area contributed by atoms with Gasteiger partial charge in [-0.2, -0.15) is 0 Å². The van der Waals surface area contributed by atoms with Crippen molar-refractivity contribution >= 4 is 21.3 Å². The molecule has 0 aliphatic carbocycles. The molecule has 1 amide bonds. The zero-order valence-corrected chi connectivity index (χ0v) is 12.2. The minimum Gasteiger partial charge on any atom is -0.450 e. The molecule has 0 bridgehead atoms. The van der Waals surface area contributed by atoms with Gasteiger partial charge in [-0.1, -0.05) is 30.3 Å². The Morgan fingerprint density at radius 1 is 1.21 bits per heavy atom. The summed E-state index contributed by atoms with van der Waals surface area (Å²) in [5, 5.41) is 5.67. The third-order valence-electron chi connectivity index (χ3n) is 2.68. The molecule has 0 aliphatic rings. The van der Waals surface area contributed by atoms with E-state index >= 15 is 0 Å². The van der Waals surface area contributed by atoms with E-state index in [9.17, 15) is 9.59 Å². The van der Waals surface area contributed by atoms with Crippen LogP contribution < -0.4 is 10.6 Å². The van der Waals surface area contributed by atoms with Gasteiger partial charge in [0.05, 0.1) is 15.5 Å². The van der Waals surface area contributed by atoms with E-state index in [1.807, 2.05) is 39.8 Å². The van der Waals surface area contributed by atoms with Gasteiger partial charge in [-0.3, -0.25) is 4.79 Å². The van der Waals surface area contributed by atoms with Crippen LogP contribution >= 0.6 is 9.47 Å². The normalized spacial score (nSPS) is 13.4. The first-order chi connectivity index (χ1) is 9.04. The topological polar surface area (TPSA) is 67.4 Å². The molecule has 1 aromatic rings. The summed E-state index contributed by atoms with van der Waals surface area (Å²) in [6.45, 7) is 3.92. The number of carbonyl (C=O) groups is 2. The number of benzene rings is 1. The predicted molar refractivity (Wildman–Crippen MR) is 76.2 cm³/mol. The summed E-state index contributed by atoms with van der Waals surface area (Å²) in [5.41, 5.74) is 1.10. The Hall–Kier alpha value is -1.45. The van der Waals surface area contributed by atoms with Crippen LogP contribution in [0.4, 0.5) is 0 Å². The van der Waals surface area contributed by atoms with Gasteiger partial charge in [0.15, 0.2) is 0 Å². The fraction of sp³-hybridized carbons (Fsp3) is 0.385. The zero-order valence-electron chi connectivity index (χ0n) is 11.1. The zero-order chi connectivity index (χ0) is 14.3. The Balaban J connectivity index is 2.39. The standard InChI is InChI=1S/C13H19N2O3P/c1-9(12(16)15-10(2)13(17)18-19)14-8-11-6-4-3-5-7-11/h3-7,9-10,14H,8,19H2,1-2H3,(H,15,16)/t9-,10?/m0/s1. The van der Waals surface area contributed by atoms with E-state index < -0.39 is 12.0 Å². The van der Waals surface area contributed by atoms with Crippen LogP contribution in [0.5, 0.6) is 0 Å². The molecule has 0 saturated heterocycles. The molecule has 0 spiro atoms. The van der Waals surface area contributed by atoms with Crippen LogP contribution in [0.25, 0.3) is 0 Å². The summed E-state index contributed by atoms with van der Waals surface area (Å²) in [6.07, 6.45) is 0. The van der Waals surface area contributed by atoms with E-state index in [-0.39, 0.29) is 11.9 Å².